The second-order valence-electron chi connectivity index (χ2n) is 8.05. The number of ether oxygens (including phenoxy) is 2. The fraction of sp³-hybridized carbons (Fsp3) is 0.375. The summed E-state index contributed by atoms with van der Waals surface area (Å²) >= 11 is 6.14. The summed E-state index contributed by atoms with van der Waals surface area (Å²) in [5.41, 5.74) is 9.78. The predicted octanol–water partition coefficient (Wildman–Crippen LogP) is 4.79. The van der Waals surface area contributed by atoms with Crippen molar-refractivity contribution in [3.05, 3.63) is 64.8 Å². The average Bonchev–Trinajstić information content (AvgIpc) is 2.77. The van der Waals surface area contributed by atoms with Crippen molar-refractivity contribution in [2.75, 3.05) is 14.2 Å². The first-order chi connectivity index (χ1) is 14.5. The van der Waals surface area contributed by atoms with Crippen molar-refractivity contribution in [2.24, 2.45) is 5.73 Å². The molecule has 0 atom stereocenters. The summed E-state index contributed by atoms with van der Waals surface area (Å²) in [5.74, 6) is 1.61. The minimum atomic E-state index is -0.341. The van der Waals surface area contributed by atoms with Crippen molar-refractivity contribution in [2.45, 2.75) is 43.8 Å². The summed E-state index contributed by atoms with van der Waals surface area (Å²) in [5, 5.41) is 5.47. The molecule has 158 valence electrons. The van der Waals surface area contributed by atoms with Gasteiger partial charge in [-0.15, -0.1) is 0 Å². The zero-order valence-electron chi connectivity index (χ0n) is 17.5. The van der Waals surface area contributed by atoms with E-state index in [0.717, 1.165) is 60.2 Å². The summed E-state index contributed by atoms with van der Waals surface area (Å²) < 4.78 is 10.7. The number of aromatic nitrogens is 1. The molecule has 1 aromatic heterocycles. The number of methoxy groups -OCH3 is 2. The van der Waals surface area contributed by atoms with Gasteiger partial charge in [0.25, 0.3) is 0 Å². The zero-order chi connectivity index (χ0) is 21.1. The largest absolute Gasteiger partial charge is 0.497 e. The van der Waals surface area contributed by atoms with Gasteiger partial charge < -0.3 is 20.5 Å². The Morgan fingerprint density at radius 3 is 2.43 bits per heavy atom. The lowest BCUT2D eigenvalue weighted by atomic mass is 9.74. The monoisotopic (exact) mass is 425 g/mol. The maximum Gasteiger partial charge on any atom is 0.122 e. The summed E-state index contributed by atoms with van der Waals surface area (Å²) in [6.07, 6.45) is 5.73. The molecule has 4 rings (SSSR count). The van der Waals surface area contributed by atoms with E-state index in [1.165, 1.54) is 5.56 Å². The molecule has 0 saturated heterocycles. The van der Waals surface area contributed by atoms with Crippen LogP contribution < -0.4 is 20.5 Å². The number of nitrogens with two attached hydrogens (primary N) is 1. The molecule has 0 amide bonds. The Labute approximate surface area is 182 Å². The Morgan fingerprint density at radius 1 is 1.07 bits per heavy atom. The molecular weight excluding hydrogens is 398 g/mol. The standard InChI is InChI=1S/C24H28ClN3O2/c1-29-19-11-16(12-20(14-19)30-2)15-28-18-5-8-24(26,9-6-18)22-7-10-27-23-13-17(25)3-4-21(22)23/h3-4,7,10-14,18,28H,5-6,8-9,15,26H2,1-2H3. The van der Waals surface area contributed by atoms with Gasteiger partial charge in [0.05, 0.1) is 19.7 Å². The topological polar surface area (TPSA) is 69.4 Å². The molecule has 5 nitrogen and oxygen atoms in total. The highest BCUT2D eigenvalue weighted by molar-refractivity contribution is 6.31. The van der Waals surface area contributed by atoms with E-state index in [4.69, 9.17) is 26.8 Å². The molecule has 1 aliphatic rings. The van der Waals surface area contributed by atoms with Gasteiger partial charge in [0.2, 0.25) is 0 Å². The number of hydrogen-bond donors (Lipinski definition) is 2. The van der Waals surface area contributed by atoms with Crippen LogP contribution >= 0.6 is 11.6 Å². The Bertz CT molecular complexity index is 1010. The van der Waals surface area contributed by atoms with Crippen molar-refractivity contribution >= 4 is 22.5 Å². The molecule has 0 radical (unpaired) electrons. The highest BCUT2D eigenvalue weighted by atomic mass is 35.5. The highest BCUT2D eigenvalue weighted by Gasteiger charge is 2.34. The maximum absolute atomic E-state index is 6.91. The minimum Gasteiger partial charge on any atom is -0.497 e. The maximum atomic E-state index is 6.91. The van der Waals surface area contributed by atoms with Gasteiger partial charge in [0.15, 0.2) is 0 Å². The number of nitrogens with one attached hydrogen (secondary N) is 1. The molecule has 0 aliphatic heterocycles. The van der Waals surface area contributed by atoms with Crippen molar-refractivity contribution in [1.82, 2.24) is 10.3 Å². The number of fused-ring (bicyclic) bond motifs is 1. The molecule has 1 saturated carbocycles. The molecule has 1 heterocycles. The van der Waals surface area contributed by atoms with E-state index < -0.39 is 0 Å². The Kier molecular flexibility index (Phi) is 6.14. The summed E-state index contributed by atoms with van der Waals surface area (Å²) in [4.78, 5) is 4.46. The third-order valence-corrected chi connectivity index (χ3v) is 6.36. The third-order valence-electron chi connectivity index (χ3n) is 6.13. The Hall–Kier alpha value is -2.34. The Balaban J connectivity index is 1.43. The highest BCUT2D eigenvalue weighted by Crippen LogP contribution is 2.38. The fourth-order valence-corrected chi connectivity index (χ4v) is 4.56. The fourth-order valence-electron chi connectivity index (χ4n) is 4.39. The lowest BCUT2D eigenvalue weighted by molar-refractivity contribution is 0.252. The van der Waals surface area contributed by atoms with Crippen LogP contribution in [0.4, 0.5) is 0 Å². The van der Waals surface area contributed by atoms with E-state index in [2.05, 4.69) is 16.4 Å². The summed E-state index contributed by atoms with van der Waals surface area (Å²) in [6, 6.07) is 14.3. The second-order valence-corrected chi connectivity index (χ2v) is 8.49. The molecule has 2 aromatic carbocycles. The first-order valence-electron chi connectivity index (χ1n) is 10.3. The number of halogens is 1. The number of pyridine rings is 1. The van der Waals surface area contributed by atoms with Crippen LogP contribution in [0.3, 0.4) is 0 Å². The molecular formula is C24H28ClN3O2. The van der Waals surface area contributed by atoms with E-state index in [9.17, 15) is 0 Å². The first-order valence-corrected chi connectivity index (χ1v) is 10.7. The zero-order valence-corrected chi connectivity index (χ0v) is 18.2. The molecule has 0 bridgehead atoms. The normalized spacial score (nSPS) is 21.5. The molecule has 30 heavy (non-hydrogen) atoms. The van der Waals surface area contributed by atoms with Crippen LogP contribution in [-0.2, 0) is 12.1 Å². The van der Waals surface area contributed by atoms with Crippen molar-refractivity contribution < 1.29 is 9.47 Å². The van der Waals surface area contributed by atoms with E-state index in [0.29, 0.717) is 11.1 Å². The predicted molar refractivity (Wildman–Crippen MR) is 121 cm³/mol. The number of hydrogen-bond acceptors (Lipinski definition) is 5. The Morgan fingerprint density at radius 2 is 1.77 bits per heavy atom. The van der Waals surface area contributed by atoms with Crippen LogP contribution in [0.1, 0.15) is 36.8 Å². The van der Waals surface area contributed by atoms with Crippen LogP contribution in [0, 0.1) is 0 Å². The van der Waals surface area contributed by atoms with Gasteiger partial charge in [0.1, 0.15) is 11.5 Å². The average molecular weight is 426 g/mol. The SMILES string of the molecule is COc1cc(CNC2CCC(N)(c3ccnc4cc(Cl)ccc34)CC2)cc(OC)c1. The first kappa shape index (κ1) is 20.9. The van der Waals surface area contributed by atoms with E-state index in [1.54, 1.807) is 14.2 Å². The molecule has 3 N–H and O–H groups in total. The van der Waals surface area contributed by atoms with E-state index >= 15 is 0 Å². The van der Waals surface area contributed by atoms with Crippen LogP contribution in [0.2, 0.25) is 5.02 Å². The molecule has 1 aliphatic carbocycles. The van der Waals surface area contributed by atoms with Gasteiger partial charge >= 0.3 is 0 Å². The molecule has 0 unspecified atom stereocenters. The van der Waals surface area contributed by atoms with Gasteiger partial charge in [-0.05, 0) is 67.1 Å². The van der Waals surface area contributed by atoms with Crippen LogP contribution in [0.5, 0.6) is 11.5 Å². The quantitative estimate of drug-likeness (QED) is 0.594. The molecule has 1 fully saturated rings. The van der Waals surface area contributed by atoms with Crippen LogP contribution in [-0.4, -0.2) is 25.2 Å². The smallest absolute Gasteiger partial charge is 0.122 e. The van der Waals surface area contributed by atoms with Gasteiger partial charge in [0, 0.05) is 40.8 Å². The van der Waals surface area contributed by atoms with Gasteiger partial charge in [-0.1, -0.05) is 17.7 Å². The molecule has 0 spiro atoms. The third kappa shape index (κ3) is 4.38. The van der Waals surface area contributed by atoms with Crippen LogP contribution in [0.25, 0.3) is 10.9 Å². The van der Waals surface area contributed by atoms with Gasteiger partial charge in [-0.25, -0.2) is 0 Å². The minimum absolute atomic E-state index is 0.341. The lowest BCUT2D eigenvalue weighted by Gasteiger charge is -2.38. The molecule has 3 aromatic rings. The van der Waals surface area contributed by atoms with Crippen molar-refractivity contribution in [1.29, 1.82) is 0 Å². The van der Waals surface area contributed by atoms with Crippen molar-refractivity contribution in [3.63, 3.8) is 0 Å². The van der Waals surface area contributed by atoms with E-state index in [-0.39, 0.29) is 5.54 Å². The van der Waals surface area contributed by atoms with Crippen molar-refractivity contribution in [3.8, 4) is 11.5 Å². The van der Waals surface area contributed by atoms with Crippen LogP contribution in [0.15, 0.2) is 48.7 Å². The lowest BCUT2D eigenvalue weighted by Crippen LogP contribution is -2.45. The number of rotatable bonds is 6. The van der Waals surface area contributed by atoms with E-state index in [1.807, 2.05) is 42.6 Å². The number of nitrogens with zero attached hydrogens (tertiary/aromatic N) is 1. The molecule has 6 heteroatoms. The van der Waals surface area contributed by atoms with Gasteiger partial charge in [-0.3, -0.25) is 4.98 Å². The number of benzene rings is 2. The summed E-state index contributed by atoms with van der Waals surface area (Å²) in [6.45, 7) is 0.770. The summed E-state index contributed by atoms with van der Waals surface area (Å²) in [7, 11) is 3.34. The van der Waals surface area contributed by atoms with Gasteiger partial charge in [-0.2, -0.15) is 0 Å². The second kappa shape index (κ2) is 8.80.